The van der Waals surface area contributed by atoms with Gasteiger partial charge in [-0.25, -0.2) is 8.42 Å². The maximum absolute atomic E-state index is 13.0. The van der Waals surface area contributed by atoms with Gasteiger partial charge in [0, 0.05) is 31.6 Å². The average Bonchev–Trinajstić information content (AvgIpc) is 3.31. The molecule has 0 spiro atoms. The molecular formula is C22H27N3O4S2. The predicted molar refractivity (Wildman–Crippen MR) is 123 cm³/mol. The van der Waals surface area contributed by atoms with Crippen LogP contribution in [0, 0.1) is 5.92 Å². The molecule has 1 aromatic heterocycles. The Morgan fingerprint density at radius 3 is 2.29 bits per heavy atom. The second-order valence-corrected chi connectivity index (χ2v) is 10.4. The van der Waals surface area contributed by atoms with Gasteiger partial charge in [0.15, 0.2) is 0 Å². The van der Waals surface area contributed by atoms with Crippen LogP contribution in [-0.4, -0.2) is 61.7 Å². The summed E-state index contributed by atoms with van der Waals surface area (Å²) < 4.78 is 26.6. The number of benzene rings is 1. The predicted octanol–water partition coefficient (Wildman–Crippen LogP) is 2.65. The maximum Gasteiger partial charge on any atom is 0.262 e. The molecule has 3 rings (SSSR count). The molecule has 0 saturated carbocycles. The lowest BCUT2D eigenvalue weighted by Crippen LogP contribution is -2.56. The molecule has 9 heteroatoms. The van der Waals surface area contributed by atoms with Crippen molar-refractivity contribution in [3.05, 3.63) is 63.7 Å². The fourth-order valence-corrected chi connectivity index (χ4v) is 5.11. The molecule has 1 atom stereocenters. The summed E-state index contributed by atoms with van der Waals surface area (Å²) in [5.41, 5.74) is 0.807. The Morgan fingerprint density at radius 2 is 1.71 bits per heavy atom. The van der Waals surface area contributed by atoms with Gasteiger partial charge in [-0.05, 0) is 29.0 Å². The largest absolute Gasteiger partial charge is 0.339 e. The summed E-state index contributed by atoms with van der Waals surface area (Å²) in [5.74, 6) is -0.543. The first-order chi connectivity index (χ1) is 14.8. The van der Waals surface area contributed by atoms with Gasteiger partial charge in [-0.1, -0.05) is 50.2 Å². The van der Waals surface area contributed by atoms with Gasteiger partial charge in [-0.2, -0.15) is 4.31 Å². The Balaban J connectivity index is 1.60. The van der Waals surface area contributed by atoms with Crippen molar-refractivity contribution < 1.29 is 18.0 Å². The molecule has 1 fully saturated rings. The van der Waals surface area contributed by atoms with Crippen molar-refractivity contribution in [2.75, 3.05) is 26.2 Å². The molecule has 1 aliphatic heterocycles. The third-order valence-electron chi connectivity index (χ3n) is 5.11. The molecular weight excluding hydrogens is 434 g/mol. The summed E-state index contributed by atoms with van der Waals surface area (Å²) in [6.45, 7) is 4.77. The lowest BCUT2D eigenvalue weighted by atomic mass is 10.0. The van der Waals surface area contributed by atoms with Crippen molar-refractivity contribution in [1.29, 1.82) is 0 Å². The van der Waals surface area contributed by atoms with Crippen molar-refractivity contribution in [2.24, 2.45) is 5.92 Å². The zero-order chi connectivity index (χ0) is 22.4. The second kappa shape index (κ2) is 10.2. The monoisotopic (exact) mass is 461 g/mol. The molecule has 0 radical (unpaired) electrons. The van der Waals surface area contributed by atoms with E-state index >= 15 is 0 Å². The van der Waals surface area contributed by atoms with Gasteiger partial charge >= 0.3 is 0 Å². The number of hydrogen-bond donors (Lipinski definition) is 1. The van der Waals surface area contributed by atoms with Crippen LogP contribution in [0.2, 0.25) is 0 Å². The number of thiophene rings is 1. The number of amides is 2. The van der Waals surface area contributed by atoms with E-state index in [0.717, 1.165) is 5.56 Å². The number of nitrogens with one attached hydrogen (secondary N) is 1. The third-order valence-corrected chi connectivity index (χ3v) is 7.54. The summed E-state index contributed by atoms with van der Waals surface area (Å²) >= 11 is 1.32. The van der Waals surface area contributed by atoms with Gasteiger partial charge in [0.1, 0.15) is 6.04 Å². The highest BCUT2D eigenvalue weighted by atomic mass is 32.2. The molecule has 1 N–H and O–H groups in total. The van der Waals surface area contributed by atoms with Crippen LogP contribution in [0.15, 0.2) is 53.3 Å². The first-order valence-corrected chi connectivity index (χ1v) is 12.5. The zero-order valence-electron chi connectivity index (χ0n) is 17.6. The van der Waals surface area contributed by atoms with Crippen molar-refractivity contribution >= 4 is 39.3 Å². The molecule has 7 nitrogen and oxygen atoms in total. The number of nitrogens with zero attached hydrogens (tertiary/aromatic N) is 2. The van der Waals surface area contributed by atoms with E-state index in [1.807, 2.05) is 49.6 Å². The fourth-order valence-electron chi connectivity index (χ4n) is 3.31. The smallest absolute Gasteiger partial charge is 0.262 e. The van der Waals surface area contributed by atoms with Crippen molar-refractivity contribution in [1.82, 2.24) is 14.5 Å². The number of sulfonamides is 1. The Bertz CT molecular complexity index is 1010. The highest BCUT2D eigenvalue weighted by Gasteiger charge is 2.33. The average molecular weight is 462 g/mol. The molecule has 2 heterocycles. The number of rotatable bonds is 7. The molecule has 31 heavy (non-hydrogen) atoms. The Labute approximate surface area is 187 Å². The minimum atomic E-state index is -3.57. The van der Waals surface area contributed by atoms with Gasteiger partial charge in [0.05, 0.1) is 4.88 Å². The van der Waals surface area contributed by atoms with Gasteiger partial charge in [0.25, 0.3) is 5.91 Å². The van der Waals surface area contributed by atoms with Crippen LogP contribution in [-0.2, 0) is 14.8 Å². The van der Waals surface area contributed by atoms with Crippen molar-refractivity contribution in [3.63, 3.8) is 0 Å². The van der Waals surface area contributed by atoms with Crippen LogP contribution in [0.25, 0.3) is 6.08 Å². The molecule has 1 aromatic carbocycles. The van der Waals surface area contributed by atoms with Gasteiger partial charge < -0.3 is 10.2 Å². The molecule has 0 aliphatic carbocycles. The van der Waals surface area contributed by atoms with Gasteiger partial charge in [-0.15, -0.1) is 11.3 Å². The minimum Gasteiger partial charge on any atom is -0.339 e. The highest BCUT2D eigenvalue weighted by Crippen LogP contribution is 2.15. The Hall–Kier alpha value is -2.49. The van der Waals surface area contributed by atoms with E-state index in [1.54, 1.807) is 23.1 Å². The summed E-state index contributed by atoms with van der Waals surface area (Å²) in [7, 11) is -3.57. The van der Waals surface area contributed by atoms with Crippen LogP contribution < -0.4 is 5.32 Å². The van der Waals surface area contributed by atoms with E-state index in [4.69, 9.17) is 0 Å². The van der Waals surface area contributed by atoms with Gasteiger partial charge in [-0.3, -0.25) is 9.59 Å². The Morgan fingerprint density at radius 1 is 1.03 bits per heavy atom. The van der Waals surface area contributed by atoms with Crippen LogP contribution in [0.4, 0.5) is 0 Å². The fraction of sp³-hybridized carbons (Fsp3) is 0.364. The topological polar surface area (TPSA) is 86.8 Å². The van der Waals surface area contributed by atoms with E-state index in [2.05, 4.69) is 5.32 Å². The molecule has 2 aromatic rings. The minimum absolute atomic E-state index is 0.0908. The van der Waals surface area contributed by atoms with E-state index in [0.29, 0.717) is 4.88 Å². The lowest BCUT2D eigenvalue weighted by Gasteiger charge is -2.36. The zero-order valence-corrected chi connectivity index (χ0v) is 19.2. The van der Waals surface area contributed by atoms with Crippen LogP contribution in [0.5, 0.6) is 0 Å². The van der Waals surface area contributed by atoms with E-state index in [1.165, 1.54) is 21.1 Å². The number of carbonyl (C=O) groups is 2. The van der Waals surface area contributed by atoms with Crippen molar-refractivity contribution in [3.8, 4) is 0 Å². The SMILES string of the molecule is CC(C)C(NC(=O)c1cccs1)C(=O)N1CCN(S(=O)(=O)/C=C/c2ccccc2)CC1. The molecule has 166 valence electrons. The summed E-state index contributed by atoms with van der Waals surface area (Å²) in [4.78, 5) is 27.6. The Kier molecular flexibility index (Phi) is 7.64. The third kappa shape index (κ3) is 6.03. The first-order valence-electron chi connectivity index (χ1n) is 10.1. The van der Waals surface area contributed by atoms with E-state index in [9.17, 15) is 18.0 Å². The number of hydrogen-bond acceptors (Lipinski definition) is 5. The highest BCUT2D eigenvalue weighted by molar-refractivity contribution is 7.92. The number of piperazine rings is 1. The van der Waals surface area contributed by atoms with Crippen LogP contribution in [0.1, 0.15) is 29.1 Å². The van der Waals surface area contributed by atoms with Crippen molar-refractivity contribution in [2.45, 2.75) is 19.9 Å². The van der Waals surface area contributed by atoms with Gasteiger partial charge in [0.2, 0.25) is 15.9 Å². The maximum atomic E-state index is 13.0. The lowest BCUT2D eigenvalue weighted by molar-refractivity contribution is -0.135. The van der Waals surface area contributed by atoms with E-state index < -0.39 is 16.1 Å². The standard InChI is InChI=1S/C22H27N3O4S2/c1-17(2)20(23-21(26)19-9-6-15-30-19)22(27)24-11-13-25(14-12-24)31(28,29)16-10-18-7-4-3-5-8-18/h3-10,15-17,20H,11-14H2,1-2H3,(H,23,26)/b16-10+. The number of carbonyl (C=O) groups excluding carboxylic acids is 2. The normalized spacial score (nSPS) is 16.5. The van der Waals surface area contributed by atoms with Crippen LogP contribution in [0.3, 0.4) is 0 Å². The summed E-state index contributed by atoms with van der Waals surface area (Å²) in [6.07, 6.45) is 1.57. The molecule has 0 bridgehead atoms. The molecule has 1 aliphatic rings. The van der Waals surface area contributed by atoms with Crippen LogP contribution >= 0.6 is 11.3 Å². The molecule has 2 amide bonds. The summed E-state index contributed by atoms with van der Waals surface area (Å²) in [6, 6.07) is 12.1. The second-order valence-electron chi connectivity index (χ2n) is 7.66. The quantitative estimate of drug-likeness (QED) is 0.687. The molecule has 1 unspecified atom stereocenters. The summed E-state index contributed by atoms with van der Waals surface area (Å²) in [5, 5.41) is 5.85. The first kappa shape index (κ1) is 23.2. The van der Waals surface area contributed by atoms with E-state index in [-0.39, 0.29) is 43.9 Å². The molecule has 1 saturated heterocycles.